The average molecular weight is 558 g/mol. The number of aryl methyl sites for hydroxylation is 2. The van der Waals surface area contributed by atoms with Gasteiger partial charge in [-0.25, -0.2) is 9.78 Å². The van der Waals surface area contributed by atoms with Crippen LogP contribution >= 0.6 is 0 Å². The van der Waals surface area contributed by atoms with Crippen LogP contribution in [0.2, 0.25) is 0 Å². The molecule has 0 bridgehead atoms. The molecule has 4 rings (SSSR count). The van der Waals surface area contributed by atoms with Crippen molar-refractivity contribution in [1.82, 2.24) is 19.7 Å². The molecule has 2 amide bonds. The summed E-state index contributed by atoms with van der Waals surface area (Å²) >= 11 is 0. The minimum Gasteiger partial charge on any atom is -0.445 e. The summed E-state index contributed by atoms with van der Waals surface area (Å²) in [6, 6.07) is 21.9. The molecule has 3 aromatic rings. The molecule has 9 heteroatoms. The van der Waals surface area contributed by atoms with E-state index in [0.717, 1.165) is 23.1 Å². The third-order valence-electron chi connectivity index (χ3n) is 7.46. The molecule has 2 atom stereocenters. The molecular formula is C32H39N5O4. The first-order valence-electron chi connectivity index (χ1n) is 14.0. The minimum absolute atomic E-state index is 0.0928. The Bertz CT molecular complexity index is 1300. The van der Waals surface area contributed by atoms with Crippen molar-refractivity contribution in [3.05, 3.63) is 95.7 Å². The van der Waals surface area contributed by atoms with Crippen LogP contribution < -0.4 is 5.73 Å². The van der Waals surface area contributed by atoms with Crippen molar-refractivity contribution in [2.45, 2.75) is 44.4 Å². The second-order valence-corrected chi connectivity index (χ2v) is 10.6. The van der Waals surface area contributed by atoms with Crippen LogP contribution in [0.4, 0.5) is 10.6 Å². The van der Waals surface area contributed by atoms with Gasteiger partial charge in [0.25, 0.3) is 0 Å². The van der Waals surface area contributed by atoms with Crippen molar-refractivity contribution in [1.29, 1.82) is 0 Å². The molecule has 41 heavy (non-hydrogen) atoms. The fourth-order valence-electron chi connectivity index (χ4n) is 5.12. The van der Waals surface area contributed by atoms with Gasteiger partial charge in [0.05, 0.1) is 12.6 Å². The topological polar surface area (TPSA) is 109 Å². The number of carbonyl (C=O) groups excluding carboxylic acids is 3. The van der Waals surface area contributed by atoms with Crippen molar-refractivity contribution < 1.29 is 19.1 Å². The van der Waals surface area contributed by atoms with Gasteiger partial charge in [-0.3, -0.25) is 14.5 Å². The number of hydrogen-bond donors (Lipinski definition) is 1. The number of aromatic nitrogens is 1. The standard InChI is InChI=1S/C32H39N5O4/c1-35(2)27(15-13-24-9-5-3-6-10-24)31(39)37-20-19-36(32(40)41-23-26-11-7-4-8-12-26)22-28(37)29(38)16-14-25-17-18-34-30(33)21-25/h3-12,17-18,21,27-28H,13-16,19-20,22-23H2,1-2H3,(H2,33,34)/t27-,28+/m1/s1. The van der Waals surface area contributed by atoms with Crippen molar-refractivity contribution in [3.63, 3.8) is 0 Å². The fraction of sp³-hybridized carbons (Fsp3) is 0.375. The van der Waals surface area contributed by atoms with Crippen molar-refractivity contribution >= 4 is 23.6 Å². The maximum Gasteiger partial charge on any atom is 0.410 e. The quantitative estimate of drug-likeness (QED) is 0.384. The first-order chi connectivity index (χ1) is 19.8. The number of piperazine rings is 1. The normalized spacial score (nSPS) is 15.9. The van der Waals surface area contributed by atoms with Gasteiger partial charge >= 0.3 is 6.09 Å². The maximum atomic E-state index is 14.0. The van der Waals surface area contributed by atoms with E-state index in [2.05, 4.69) is 17.1 Å². The average Bonchev–Trinajstić information content (AvgIpc) is 2.99. The Morgan fingerprint density at radius 2 is 1.63 bits per heavy atom. The van der Waals surface area contributed by atoms with E-state index in [1.165, 1.54) is 4.90 Å². The van der Waals surface area contributed by atoms with Gasteiger partial charge in [0.1, 0.15) is 18.5 Å². The summed E-state index contributed by atoms with van der Waals surface area (Å²) in [6.45, 7) is 0.787. The molecule has 0 saturated carbocycles. The largest absolute Gasteiger partial charge is 0.445 e. The van der Waals surface area contributed by atoms with Gasteiger partial charge in [0, 0.05) is 25.7 Å². The molecule has 0 aliphatic carbocycles. The van der Waals surface area contributed by atoms with E-state index in [-0.39, 0.29) is 37.8 Å². The molecular weight excluding hydrogens is 518 g/mol. The number of Topliss-reactive ketones (excluding diaryl/α,β-unsaturated/α-hetero) is 1. The van der Waals surface area contributed by atoms with Crippen LogP contribution in [0.25, 0.3) is 0 Å². The van der Waals surface area contributed by atoms with E-state index in [4.69, 9.17) is 10.5 Å². The number of benzene rings is 2. The van der Waals surface area contributed by atoms with E-state index in [9.17, 15) is 14.4 Å². The first-order valence-corrected chi connectivity index (χ1v) is 14.0. The monoisotopic (exact) mass is 557 g/mol. The van der Waals surface area contributed by atoms with Gasteiger partial charge in [-0.1, -0.05) is 60.7 Å². The zero-order valence-electron chi connectivity index (χ0n) is 23.8. The van der Waals surface area contributed by atoms with Gasteiger partial charge < -0.3 is 20.3 Å². The van der Waals surface area contributed by atoms with Crippen molar-refractivity contribution in [2.75, 3.05) is 39.5 Å². The number of nitrogens with two attached hydrogens (primary N) is 1. The van der Waals surface area contributed by atoms with E-state index >= 15 is 0 Å². The lowest BCUT2D eigenvalue weighted by Gasteiger charge is -2.42. The van der Waals surface area contributed by atoms with E-state index in [1.54, 1.807) is 17.2 Å². The zero-order valence-corrected chi connectivity index (χ0v) is 23.8. The number of hydrogen-bond acceptors (Lipinski definition) is 7. The Hall–Kier alpha value is -4.24. The summed E-state index contributed by atoms with van der Waals surface area (Å²) in [4.78, 5) is 49.7. The number of pyridine rings is 1. The van der Waals surface area contributed by atoms with Gasteiger partial charge in [-0.15, -0.1) is 0 Å². The van der Waals surface area contributed by atoms with Crippen LogP contribution in [0.5, 0.6) is 0 Å². The predicted octanol–water partition coefficient (Wildman–Crippen LogP) is 3.58. The Morgan fingerprint density at radius 1 is 0.951 bits per heavy atom. The highest BCUT2D eigenvalue weighted by Gasteiger charge is 2.39. The molecule has 1 aliphatic rings. The smallest absolute Gasteiger partial charge is 0.410 e. The number of likely N-dealkylation sites (N-methyl/N-ethyl adjacent to an activating group) is 1. The highest BCUT2D eigenvalue weighted by atomic mass is 16.6. The predicted molar refractivity (Wildman–Crippen MR) is 158 cm³/mol. The molecule has 0 spiro atoms. The fourth-order valence-corrected chi connectivity index (χ4v) is 5.12. The maximum absolute atomic E-state index is 14.0. The Morgan fingerprint density at radius 3 is 2.29 bits per heavy atom. The van der Waals surface area contributed by atoms with Gasteiger partial charge in [0.15, 0.2) is 5.78 Å². The third kappa shape index (κ3) is 8.38. The van der Waals surface area contributed by atoms with Crippen LogP contribution in [-0.4, -0.2) is 83.3 Å². The number of nitrogens with zero attached hydrogens (tertiary/aromatic N) is 4. The number of nitrogen functional groups attached to an aromatic ring is 1. The number of ether oxygens (including phenoxy) is 1. The highest BCUT2D eigenvalue weighted by molar-refractivity contribution is 5.92. The third-order valence-corrected chi connectivity index (χ3v) is 7.46. The van der Waals surface area contributed by atoms with Gasteiger partial charge in [0.2, 0.25) is 5.91 Å². The minimum atomic E-state index is -0.765. The molecule has 2 aromatic carbocycles. The molecule has 2 N–H and O–H groups in total. The molecule has 1 saturated heterocycles. The molecule has 216 valence electrons. The Labute approximate surface area is 241 Å². The summed E-state index contributed by atoms with van der Waals surface area (Å²) in [5.41, 5.74) is 8.74. The summed E-state index contributed by atoms with van der Waals surface area (Å²) in [5.74, 6) is 0.189. The number of amides is 2. The van der Waals surface area contributed by atoms with E-state index in [0.29, 0.717) is 25.2 Å². The lowest BCUT2D eigenvalue weighted by atomic mass is 9.98. The summed E-state index contributed by atoms with van der Waals surface area (Å²) in [5, 5.41) is 0. The van der Waals surface area contributed by atoms with Gasteiger partial charge in [-0.05, 0) is 62.2 Å². The van der Waals surface area contributed by atoms with Crippen LogP contribution in [0.3, 0.4) is 0 Å². The molecule has 1 fully saturated rings. The van der Waals surface area contributed by atoms with E-state index < -0.39 is 18.2 Å². The molecule has 2 heterocycles. The zero-order chi connectivity index (χ0) is 29.2. The number of anilines is 1. The molecule has 1 aromatic heterocycles. The summed E-state index contributed by atoms with van der Waals surface area (Å²) < 4.78 is 5.55. The molecule has 0 radical (unpaired) electrons. The SMILES string of the molecule is CN(C)[C@H](CCc1ccccc1)C(=O)N1CCN(C(=O)OCc2ccccc2)C[C@H]1C(=O)CCc1ccnc(N)c1. The number of rotatable bonds is 11. The number of carbonyl (C=O) groups is 3. The molecule has 0 unspecified atom stereocenters. The first kappa shape index (κ1) is 29.7. The molecule has 9 nitrogen and oxygen atoms in total. The molecule has 1 aliphatic heterocycles. The lowest BCUT2D eigenvalue weighted by molar-refractivity contribution is -0.146. The highest BCUT2D eigenvalue weighted by Crippen LogP contribution is 2.20. The van der Waals surface area contributed by atoms with Crippen molar-refractivity contribution in [3.8, 4) is 0 Å². The Kier molecular flexibility index (Phi) is 10.5. The lowest BCUT2D eigenvalue weighted by Crippen LogP contribution is -2.62. The summed E-state index contributed by atoms with van der Waals surface area (Å²) in [7, 11) is 3.77. The van der Waals surface area contributed by atoms with E-state index in [1.807, 2.05) is 73.6 Å². The van der Waals surface area contributed by atoms with Gasteiger partial charge in [-0.2, -0.15) is 0 Å². The second kappa shape index (κ2) is 14.4. The van der Waals surface area contributed by atoms with Crippen LogP contribution in [0, 0.1) is 0 Å². The van der Waals surface area contributed by atoms with Crippen LogP contribution in [0.15, 0.2) is 79.0 Å². The second-order valence-electron chi connectivity index (χ2n) is 10.6. The van der Waals surface area contributed by atoms with Crippen molar-refractivity contribution in [2.24, 2.45) is 0 Å². The Balaban J connectivity index is 1.47. The number of ketones is 1. The van der Waals surface area contributed by atoms with Crippen LogP contribution in [0.1, 0.15) is 29.5 Å². The summed E-state index contributed by atoms with van der Waals surface area (Å²) in [6.07, 6.45) is 3.16. The van der Waals surface area contributed by atoms with Crippen LogP contribution in [-0.2, 0) is 33.8 Å².